The molecule has 2 aromatic rings. The smallest absolute Gasteiger partial charge is 0.202 e. The van der Waals surface area contributed by atoms with E-state index in [4.69, 9.17) is 5.73 Å². The molecule has 0 saturated heterocycles. The van der Waals surface area contributed by atoms with E-state index >= 15 is 0 Å². The van der Waals surface area contributed by atoms with Gasteiger partial charge in [0.1, 0.15) is 5.52 Å². The molecule has 2 N–H and O–H groups in total. The van der Waals surface area contributed by atoms with Gasteiger partial charge in [0, 0.05) is 13.6 Å². The fourth-order valence-corrected chi connectivity index (χ4v) is 2.21. The zero-order valence-corrected chi connectivity index (χ0v) is 11.1. The van der Waals surface area contributed by atoms with E-state index in [-0.39, 0.29) is 0 Å². The average Bonchev–Trinajstić information content (AvgIpc) is 2.69. The first kappa shape index (κ1) is 12.0. The SMILES string of the molecule is CCCc1nn(C)c2c1nc(N)n2CC(C)C. The van der Waals surface area contributed by atoms with Crippen molar-refractivity contribution in [3.8, 4) is 0 Å². The van der Waals surface area contributed by atoms with Crippen molar-refractivity contribution in [1.82, 2.24) is 19.3 Å². The number of imidazole rings is 1. The van der Waals surface area contributed by atoms with Crippen LogP contribution in [0.1, 0.15) is 32.9 Å². The number of anilines is 1. The summed E-state index contributed by atoms with van der Waals surface area (Å²) >= 11 is 0. The summed E-state index contributed by atoms with van der Waals surface area (Å²) < 4.78 is 3.96. The lowest BCUT2D eigenvalue weighted by molar-refractivity contribution is 0.529. The van der Waals surface area contributed by atoms with Crippen LogP contribution in [0.4, 0.5) is 5.95 Å². The Hall–Kier alpha value is -1.52. The lowest BCUT2D eigenvalue weighted by atomic mass is 10.2. The van der Waals surface area contributed by atoms with Gasteiger partial charge < -0.3 is 5.73 Å². The third-order valence-electron chi connectivity index (χ3n) is 2.86. The zero-order valence-electron chi connectivity index (χ0n) is 11.1. The Bertz CT molecular complexity index is 520. The van der Waals surface area contributed by atoms with Gasteiger partial charge in [0.2, 0.25) is 5.95 Å². The summed E-state index contributed by atoms with van der Waals surface area (Å²) in [7, 11) is 1.96. The summed E-state index contributed by atoms with van der Waals surface area (Å²) in [6.07, 6.45) is 2.03. The predicted octanol–water partition coefficient (Wildman–Crippen LogP) is 1.96. The van der Waals surface area contributed by atoms with Gasteiger partial charge in [-0.25, -0.2) is 4.98 Å². The number of nitrogens with two attached hydrogens (primary N) is 1. The minimum atomic E-state index is 0.541. The van der Waals surface area contributed by atoms with Crippen LogP contribution in [0, 0.1) is 5.92 Å². The number of nitrogens with zero attached hydrogens (tertiary/aromatic N) is 4. The second-order valence-electron chi connectivity index (χ2n) is 4.97. The van der Waals surface area contributed by atoms with Crippen LogP contribution in [-0.2, 0) is 20.0 Å². The summed E-state index contributed by atoms with van der Waals surface area (Å²) in [6.45, 7) is 7.38. The Balaban J connectivity index is 2.57. The van der Waals surface area contributed by atoms with Crippen LogP contribution in [-0.4, -0.2) is 19.3 Å². The molecule has 5 nitrogen and oxygen atoms in total. The number of rotatable bonds is 4. The van der Waals surface area contributed by atoms with Crippen molar-refractivity contribution in [3.63, 3.8) is 0 Å². The first-order valence-electron chi connectivity index (χ1n) is 6.22. The fraction of sp³-hybridized carbons (Fsp3) is 0.667. The summed E-state index contributed by atoms with van der Waals surface area (Å²) in [4.78, 5) is 4.46. The molecule has 2 heterocycles. The fourth-order valence-electron chi connectivity index (χ4n) is 2.21. The molecule has 94 valence electrons. The van der Waals surface area contributed by atoms with Crippen LogP contribution < -0.4 is 5.73 Å². The maximum absolute atomic E-state index is 5.99. The number of aryl methyl sites for hydroxylation is 2. The van der Waals surface area contributed by atoms with E-state index in [2.05, 4.69) is 35.4 Å². The molecule has 0 spiro atoms. The predicted molar refractivity (Wildman–Crippen MR) is 69.7 cm³/mol. The average molecular weight is 235 g/mol. The number of hydrogen-bond acceptors (Lipinski definition) is 3. The van der Waals surface area contributed by atoms with Gasteiger partial charge in [-0.3, -0.25) is 9.25 Å². The Kier molecular flexibility index (Phi) is 3.09. The van der Waals surface area contributed by atoms with Crippen LogP contribution in [0.5, 0.6) is 0 Å². The highest BCUT2D eigenvalue weighted by molar-refractivity contribution is 5.77. The van der Waals surface area contributed by atoms with Crippen molar-refractivity contribution < 1.29 is 0 Å². The Morgan fingerprint density at radius 2 is 2.06 bits per heavy atom. The monoisotopic (exact) mass is 235 g/mol. The molecule has 2 rings (SSSR count). The van der Waals surface area contributed by atoms with Gasteiger partial charge >= 0.3 is 0 Å². The number of hydrogen-bond donors (Lipinski definition) is 1. The lowest BCUT2D eigenvalue weighted by Gasteiger charge is -2.09. The maximum Gasteiger partial charge on any atom is 0.202 e. The number of aromatic nitrogens is 4. The largest absolute Gasteiger partial charge is 0.369 e. The first-order valence-corrected chi connectivity index (χ1v) is 6.22. The summed E-state index contributed by atoms with van der Waals surface area (Å²) in [5, 5.41) is 4.53. The Morgan fingerprint density at radius 3 is 2.65 bits per heavy atom. The van der Waals surface area contributed by atoms with Crippen LogP contribution >= 0.6 is 0 Å². The molecule has 0 aliphatic carbocycles. The quantitative estimate of drug-likeness (QED) is 0.881. The van der Waals surface area contributed by atoms with Crippen molar-refractivity contribution in [3.05, 3.63) is 5.69 Å². The van der Waals surface area contributed by atoms with Gasteiger partial charge in [-0.2, -0.15) is 5.10 Å². The van der Waals surface area contributed by atoms with Gasteiger partial charge in [-0.1, -0.05) is 27.2 Å². The van der Waals surface area contributed by atoms with Gasteiger partial charge in [-0.15, -0.1) is 0 Å². The highest BCUT2D eigenvalue weighted by Crippen LogP contribution is 2.22. The van der Waals surface area contributed by atoms with Crippen LogP contribution in [0.15, 0.2) is 0 Å². The zero-order chi connectivity index (χ0) is 12.6. The van der Waals surface area contributed by atoms with E-state index in [0.717, 1.165) is 36.2 Å². The third-order valence-corrected chi connectivity index (χ3v) is 2.86. The third kappa shape index (κ3) is 2.01. The van der Waals surface area contributed by atoms with Crippen molar-refractivity contribution in [1.29, 1.82) is 0 Å². The van der Waals surface area contributed by atoms with Crippen molar-refractivity contribution in [2.45, 2.75) is 40.2 Å². The molecule has 0 fully saturated rings. The molecular weight excluding hydrogens is 214 g/mol. The molecule has 2 aromatic heterocycles. The van der Waals surface area contributed by atoms with E-state index in [1.165, 1.54) is 0 Å². The molecule has 5 heteroatoms. The molecule has 0 aliphatic heterocycles. The van der Waals surface area contributed by atoms with E-state index in [0.29, 0.717) is 11.9 Å². The first-order chi connectivity index (χ1) is 8.04. The van der Waals surface area contributed by atoms with Crippen molar-refractivity contribution in [2.75, 3.05) is 5.73 Å². The number of fused-ring (bicyclic) bond motifs is 1. The molecule has 0 unspecified atom stereocenters. The van der Waals surface area contributed by atoms with Crippen LogP contribution in [0.3, 0.4) is 0 Å². The number of nitrogen functional groups attached to an aromatic ring is 1. The molecule has 0 amide bonds. The Morgan fingerprint density at radius 1 is 1.35 bits per heavy atom. The van der Waals surface area contributed by atoms with E-state index in [1.807, 2.05) is 11.7 Å². The van der Waals surface area contributed by atoms with Gasteiger partial charge in [-0.05, 0) is 12.3 Å². The topological polar surface area (TPSA) is 61.7 Å². The highest BCUT2D eigenvalue weighted by atomic mass is 15.3. The molecule has 0 saturated carbocycles. The Labute approximate surface area is 102 Å². The van der Waals surface area contributed by atoms with Gasteiger partial charge in [0.05, 0.1) is 5.69 Å². The van der Waals surface area contributed by atoms with Gasteiger partial charge in [0.15, 0.2) is 5.65 Å². The summed E-state index contributed by atoms with van der Waals surface area (Å²) in [5.74, 6) is 1.14. The molecule has 0 bridgehead atoms. The molecular formula is C12H21N5. The molecule has 0 atom stereocenters. The standard InChI is InChI=1S/C12H21N5/c1-5-6-9-10-11(16(4)15-9)17(7-8(2)3)12(13)14-10/h8H,5-7H2,1-4H3,(H2,13,14). The second-order valence-corrected chi connectivity index (χ2v) is 4.97. The lowest BCUT2D eigenvalue weighted by Crippen LogP contribution is -2.10. The molecule has 17 heavy (non-hydrogen) atoms. The molecule has 0 aromatic carbocycles. The minimum Gasteiger partial charge on any atom is -0.369 e. The second kappa shape index (κ2) is 4.39. The van der Waals surface area contributed by atoms with Crippen LogP contribution in [0.2, 0.25) is 0 Å². The van der Waals surface area contributed by atoms with Crippen LogP contribution in [0.25, 0.3) is 11.2 Å². The molecule has 0 aliphatic rings. The van der Waals surface area contributed by atoms with Gasteiger partial charge in [0.25, 0.3) is 0 Å². The van der Waals surface area contributed by atoms with E-state index in [9.17, 15) is 0 Å². The highest BCUT2D eigenvalue weighted by Gasteiger charge is 2.17. The minimum absolute atomic E-state index is 0.541. The summed E-state index contributed by atoms with van der Waals surface area (Å²) in [6, 6.07) is 0. The normalized spacial score (nSPS) is 11.8. The molecule has 0 radical (unpaired) electrons. The van der Waals surface area contributed by atoms with Crippen molar-refractivity contribution >= 4 is 17.1 Å². The maximum atomic E-state index is 5.99. The van der Waals surface area contributed by atoms with E-state index in [1.54, 1.807) is 0 Å². The van der Waals surface area contributed by atoms with E-state index < -0.39 is 0 Å². The van der Waals surface area contributed by atoms with Crippen molar-refractivity contribution in [2.24, 2.45) is 13.0 Å². The summed E-state index contributed by atoms with van der Waals surface area (Å²) in [5.41, 5.74) is 9.05.